The van der Waals surface area contributed by atoms with Crippen molar-refractivity contribution in [3.8, 4) is 5.75 Å². The van der Waals surface area contributed by atoms with Gasteiger partial charge in [-0.05, 0) is 49.4 Å². The minimum Gasteiger partial charge on any atom is -0.761 e. The van der Waals surface area contributed by atoms with E-state index < -0.39 is 31.1 Å². The number of anilines is 3. The molecule has 0 spiro atoms. The van der Waals surface area contributed by atoms with Crippen LogP contribution in [0.4, 0.5) is 30.6 Å². The van der Waals surface area contributed by atoms with Crippen molar-refractivity contribution < 1.29 is 36.3 Å². The smallest absolute Gasteiger partial charge is 0.421 e. The highest BCUT2D eigenvalue weighted by Gasteiger charge is 2.37. The number of alkyl halides is 3. The van der Waals surface area contributed by atoms with Crippen molar-refractivity contribution >= 4 is 31.0 Å². The van der Waals surface area contributed by atoms with Crippen molar-refractivity contribution in [3.05, 3.63) is 76.4 Å². The Bertz CT molecular complexity index is 1420. The fourth-order valence-electron chi connectivity index (χ4n) is 4.08. The van der Waals surface area contributed by atoms with Crippen LogP contribution in [-0.4, -0.2) is 54.7 Å². The van der Waals surface area contributed by atoms with Gasteiger partial charge in [0.25, 0.3) is 5.91 Å². The highest BCUT2D eigenvalue weighted by molar-refractivity contribution is 7.53. The van der Waals surface area contributed by atoms with E-state index in [1.165, 1.54) is 25.1 Å². The third-order valence-electron chi connectivity index (χ3n) is 5.85. The van der Waals surface area contributed by atoms with Gasteiger partial charge in [0.2, 0.25) is 5.95 Å². The third kappa shape index (κ3) is 7.88. The molecule has 0 atom stereocenters. The van der Waals surface area contributed by atoms with E-state index >= 15 is 0 Å². The molecule has 3 rings (SSSR count). The van der Waals surface area contributed by atoms with Crippen LogP contribution >= 0.6 is 7.60 Å². The first-order valence-electron chi connectivity index (χ1n) is 12.6. The van der Waals surface area contributed by atoms with Crippen LogP contribution in [-0.2, 0) is 30.7 Å². The average Bonchev–Trinajstić information content (AvgIpc) is 3.20. The van der Waals surface area contributed by atoms with E-state index in [0.717, 1.165) is 6.20 Å². The lowest BCUT2D eigenvalue weighted by Crippen LogP contribution is -2.23. The molecular weight excluding hydrogens is 580 g/mol. The number of carbonyl (C=O) groups is 1. The molecule has 1 amide bonds. The Morgan fingerprint density at radius 3 is 2.55 bits per heavy atom. The van der Waals surface area contributed by atoms with Crippen LogP contribution in [0.15, 0.2) is 60.1 Å². The van der Waals surface area contributed by atoms with Gasteiger partial charge >= 0.3 is 13.8 Å². The number of hydroxylamine groups is 1. The summed E-state index contributed by atoms with van der Waals surface area (Å²) in [5.41, 5.74) is 1.47. The molecule has 0 saturated heterocycles. The molecule has 1 aromatic carbocycles. The second-order valence-electron chi connectivity index (χ2n) is 8.83. The number of aromatic nitrogens is 2. The number of halogens is 3. The van der Waals surface area contributed by atoms with Crippen molar-refractivity contribution in [2.75, 3.05) is 44.5 Å². The van der Waals surface area contributed by atoms with Crippen LogP contribution in [0.2, 0.25) is 0 Å². The summed E-state index contributed by atoms with van der Waals surface area (Å²) in [6.45, 7) is 7.65. The number of ether oxygens (including phenoxy) is 1. The Balaban J connectivity index is 1.94. The molecule has 42 heavy (non-hydrogen) atoms. The molecule has 0 bridgehead atoms. The maximum absolute atomic E-state index is 13.9. The summed E-state index contributed by atoms with van der Waals surface area (Å²) in [6.07, 6.45) is -1.88. The molecule has 1 aliphatic rings. The summed E-state index contributed by atoms with van der Waals surface area (Å²) in [6, 6.07) is 4.77. The Morgan fingerprint density at radius 2 is 1.95 bits per heavy atom. The summed E-state index contributed by atoms with van der Waals surface area (Å²) in [5.74, 6) is -1.11. The molecule has 0 aliphatic carbocycles. The maximum Gasteiger partial charge on any atom is 0.421 e. The van der Waals surface area contributed by atoms with Crippen molar-refractivity contribution in [1.29, 1.82) is 0 Å². The molecule has 0 radical (unpaired) electrons. The zero-order valence-corrected chi connectivity index (χ0v) is 24.3. The molecule has 0 saturated carbocycles. The lowest BCUT2D eigenvalue weighted by atomic mass is 10.1. The molecule has 12 nitrogen and oxygen atoms in total. The first-order valence-corrected chi connectivity index (χ1v) is 14.3. The predicted molar refractivity (Wildman–Crippen MR) is 151 cm³/mol. The second kappa shape index (κ2) is 13.8. The van der Waals surface area contributed by atoms with E-state index in [1.54, 1.807) is 37.5 Å². The van der Waals surface area contributed by atoms with Crippen LogP contribution in [0, 0.1) is 5.21 Å². The van der Waals surface area contributed by atoms with Crippen LogP contribution in [0.5, 0.6) is 5.75 Å². The van der Waals surface area contributed by atoms with Gasteiger partial charge in [0.1, 0.15) is 17.1 Å². The maximum atomic E-state index is 13.9. The van der Waals surface area contributed by atoms with E-state index in [2.05, 4.69) is 27.2 Å². The lowest BCUT2D eigenvalue weighted by molar-refractivity contribution is -0.137. The van der Waals surface area contributed by atoms with E-state index in [1.807, 2.05) is 0 Å². The number of hydrogen-bond acceptors (Lipinski definition) is 11. The number of methoxy groups -OCH3 is 1. The zero-order chi connectivity index (χ0) is 31.1. The predicted octanol–water partition coefficient (Wildman–Crippen LogP) is 5.31. The Labute approximate surface area is 240 Å². The number of rotatable bonds is 14. The third-order valence-corrected chi connectivity index (χ3v) is 7.90. The average molecular weight is 612 g/mol. The topological polar surface area (TPSA) is 150 Å². The van der Waals surface area contributed by atoms with Crippen LogP contribution < -0.4 is 20.9 Å². The summed E-state index contributed by atoms with van der Waals surface area (Å²) < 4.78 is 70.6. The van der Waals surface area contributed by atoms with Crippen LogP contribution in [0.1, 0.15) is 25.0 Å². The second-order valence-corrected chi connectivity index (χ2v) is 10.9. The molecule has 3 N–H and O–H groups in total. The van der Waals surface area contributed by atoms with Crippen molar-refractivity contribution in [2.24, 2.45) is 0 Å². The number of benzene rings is 1. The Morgan fingerprint density at radius 1 is 1.26 bits per heavy atom. The van der Waals surface area contributed by atoms with Crippen molar-refractivity contribution in [2.45, 2.75) is 26.2 Å². The SMILES string of the molecule is C=C(Nc1nc(Nc2ccc(CP(=O)(OCC)OCC)cc2OC)ncc1C(F)(F)F)C1=C(C=CN[O-])CN(C)C1=O. The first-order chi connectivity index (χ1) is 19.9. The quantitative estimate of drug-likeness (QED) is 0.188. The molecular formula is C26H31F3N6O6P-. The molecule has 2 aromatic rings. The highest BCUT2D eigenvalue weighted by atomic mass is 31.2. The van der Waals surface area contributed by atoms with Gasteiger partial charge in [0.05, 0.1) is 37.7 Å². The first kappa shape index (κ1) is 32.6. The summed E-state index contributed by atoms with van der Waals surface area (Å²) in [4.78, 5) is 21.8. The van der Waals surface area contributed by atoms with Crippen LogP contribution in [0.3, 0.4) is 0 Å². The van der Waals surface area contributed by atoms with Gasteiger partial charge in [-0.2, -0.15) is 18.2 Å². The Kier molecular flexibility index (Phi) is 10.7. The normalized spacial score (nSPS) is 14.1. The summed E-state index contributed by atoms with van der Waals surface area (Å²) in [7, 11) is -0.515. The van der Waals surface area contributed by atoms with E-state index in [0.29, 0.717) is 23.0 Å². The van der Waals surface area contributed by atoms with E-state index in [9.17, 15) is 27.7 Å². The minimum atomic E-state index is -4.84. The molecule has 0 fully saturated rings. The largest absolute Gasteiger partial charge is 0.761 e. The number of hydrogen-bond donors (Lipinski definition) is 3. The van der Waals surface area contributed by atoms with Gasteiger partial charge in [-0.3, -0.25) is 9.36 Å². The monoisotopic (exact) mass is 611 g/mol. The standard InChI is InChI=1S/C26H31F3N6O6P/c1-6-40-42(38,41-7-2)15-17-8-9-20(21(12-17)39-5)33-25-30-13-19(26(27,28)29)23(34-25)32-16(3)22-18(10-11-31-37)14-35(4)24(22)36/h8-13,31H,3,6-7,14-15H2,1-2,4-5H3,(H2,30,32,33,34)/q-1. The fraction of sp³-hybridized carbons (Fsp3) is 0.346. The number of nitrogens with zero attached hydrogens (tertiary/aromatic N) is 3. The highest BCUT2D eigenvalue weighted by Crippen LogP contribution is 2.51. The van der Waals surface area contributed by atoms with Gasteiger partial charge in [0, 0.05) is 25.5 Å². The minimum absolute atomic E-state index is 0.00102. The lowest BCUT2D eigenvalue weighted by Gasteiger charge is -2.19. The fourth-order valence-corrected chi connectivity index (χ4v) is 5.77. The number of likely N-dealkylation sites (N-methyl/N-ethyl adjacent to an activating group) is 1. The number of nitrogens with one attached hydrogen (secondary N) is 3. The number of carbonyl (C=O) groups excluding carboxylic acids is 1. The molecule has 2 heterocycles. The summed E-state index contributed by atoms with van der Waals surface area (Å²) in [5, 5.41) is 16.0. The van der Waals surface area contributed by atoms with Gasteiger partial charge in [-0.15, -0.1) is 0 Å². The molecule has 16 heteroatoms. The van der Waals surface area contributed by atoms with Crippen LogP contribution in [0.25, 0.3) is 0 Å². The van der Waals surface area contributed by atoms with Gasteiger partial charge in [0.15, 0.2) is 0 Å². The van der Waals surface area contributed by atoms with Gasteiger partial charge in [-0.1, -0.05) is 12.6 Å². The van der Waals surface area contributed by atoms with Gasteiger partial charge in [-0.25, -0.2) is 4.98 Å². The van der Waals surface area contributed by atoms with Gasteiger partial charge < -0.3 is 40.0 Å². The molecule has 228 valence electrons. The van der Waals surface area contributed by atoms with E-state index in [-0.39, 0.29) is 48.9 Å². The zero-order valence-electron chi connectivity index (χ0n) is 23.4. The number of amides is 1. The van der Waals surface area contributed by atoms with E-state index in [4.69, 9.17) is 13.8 Å². The molecule has 1 aromatic heterocycles. The Hall–Kier alpha value is -3.91. The molecule has 0 unspecified atom stereocenters. The summed E-state index contributed by atoms with van der Waals surface area (Å²) >= 11 is 0. The van der Waals surface area contributed by atoms with Crippen molar-refractivity contribution in [1.82, 2.24) is 20.3 Å². The molecule has 1 aliphatic heterocycles. The van der Waals surface area contributed by atoms with Crippen molar-refractivity contribution in [3.63, 3.8) is 0 Å².